The highest BCUT2D eigenvalue weighted by atomic mass is 32.1. The zero-order valence-electron chi connectivity index (χ0n) is 35.8. The van der Waals surface area contributed by atoms with Gasteiger partial charge in [0.25, 0.3) is 0 Å². The molecule has 0 saturated heterocycles. The molecule has 0 fully saturated rings. The highest BCUT2D eigenvalue weighted by molar-refractivity contribution is 7.27. The van der Waals surface area contributed by atoms with Crippen LogP contribution in [0.25, 0.3) is 85.9 Å². The molecular weight excluding hydrogens is 821 g/mol. The normalized spacial score (nSPS) is 11.6. The van der Waals surface area contributed by atoms with Gasteiger partial charge in [-0.05, 0) is 106 Å². The summed E-state index contributed by atoms with van der Waals surface area (Å²) in [6.07, 6.45) is 0. The molecule has 11 aromatic carbocycles. The van der Waals surface area contributed by atoms with Gasteiger partial charge in [-0.2, -0.15) is 0 Å². The molecule has 0 bridgehead atoms. The van der Waals surface area contributed by atoms with E-state index in [-0.39, 0.29) is 0 Å². The van der Waals surface area contributed by atoms with Crippen LogP contribution in [-0.4, -0.2) is 0 Å². The summed E-state index contributed by atoms with van der Waals surface area (Å²) in [6, 6.07) is 87.3. The summed E-state index contributed by atoms with van der Waals surface area (Å²) in [7, 11) is 0. The van der Waals surface area contributed by atoms with E-state index in [9.17, 15) is 0 Å². The van der Waals surface area contributed by atoms with Gasteiger partial charge in [-0.15, -0.1) is 11.3 Å². The number of anilines is 6. The largest absolute Gasteiger partial charge is 0.454 e. The molecule has 0 radical (unpaired) electrons. The molecule has 2 heterocycles. The van der Waals surface area contributed by atoms with Crippen molar-refractivity contribution in [3.63, 3.8) is 0 Å². The highest BCUT2D eigenvalue weighted by Crippen LogP contribution is 2.48. The molecule has 0 saturated carbocycles. The Morgan fingerprint density at radius 3 is 1.67 bits per heavy atom. The lowest BCUT2D eigenvalue weighted by atomic mass is 9.94. The van der Waals surface area contributed by atoms with Gasteiger partial charge in [-0.3, -0.25) is 0 Å². The Morgan fingerprint density at radius 1 is 0.318 bits per heavy atom. The molecule has 0 N–H and O–H groups in total. The van der Waals surface area contributed by atoms with E-state index < -0.39 is 0 Å². The lowest BCUT2D eigenvalue weighted by molar-refractivity contribution is 0.669. The van der Waals surface area contributed by atoms with E-state index >= 15 is 0 Å². The first-order valence-electron chi connectivity index (χ1n) is 22.4. The molecule has 4 heteroatoms. The van der Waals surface area contributed by atoms with E-state index in [1.807, 2.05) is 17.4 Å². The quantitative estimate of drug-likeness (QED) is 0.142. The molecule has 3 nitrogen and oxygen atoms in total. The van der Waals surface area contributed by atoms with Gasteiger partial charge in [-0.1, -0.05) is 170 Å². The average Bonchev–Trinajstić information content (AvgIpc) is 3.97. The summed E-state index contributed by atoms with van der Waals surface area (Å²) < 4.78 is 9.27. The first-order chi connectivity index (χ1) is 32.7. The van der Waals surface area contributed by atoms with Crippen LogP contribution in [0.15, 0.2) is 247 Å². The van der Waals surface area contributed by atoms with Gasteiger partial charge in [0, 0.05) is 64.6 Å². The van der Waals surface area contributed by atoms with Crippen molar-refractivity contribution in [2.75, 3.05) is 9.80 Å². The van der Waals surface area contributed by atoms with Gasteiger partial charge < -0.3 is 14.2 Å². The minimum absolute atomic E-state index is 0.862. The minimum Gasteiger partial charge on any atom is -0.454 e. The molecule has 2 aromatic heterocycles. The van der Waals surface area contributed by atoms with Gasteiger partial charge in [0.15, 0.2) is 5.58 Å². The Morgan fingerprint density at radius 2 is 0.894 bits per heavy atom. The third-order valence-corrected chi connectivity index (χ3v) is 14.2. The Labute approximate surface area is 386 Å². The predicted molar refractivity (Wildman–Crippen MR) is 282 cm³/mol. The number of rotatable bonds is 8. The standard InChI is InChI=1S/C62H40N2OS/c1-4-17-42(18-5-1)48-23-12-14-28-56(48)64(57-29-16-27-52-50-25-13-15-30-58(50)65-61(52)57)46-34-31-41(32-35-46)43-33-37-53-55(39-43)49-24-10-11-26-51(49)60-54-38-36-47(40-59(54)66-62(53)60)63(44-19-6-2-7-20-44)45-21-8-3-9-22-45/h1-40H. The van der Waals surface area contributed by atoms with Crippen LogP contribution >= 0.6 is 11.3 Å². The van der Waals surface area contributed by atoms with Crippen LogP contribution < -0.4 is 9.80 Å². The van der Waals surface area contributed by atoms with Crippen molar-refractivity contribution in [3.8, 4) is 22.3 Å². The topological polar surface area (TPSA) is 19.6 Å². The molecule has 0 aliphatic heterocycles. The third kappa shape index (κ3) is 6.26. The highest BCUT2D eigenvalue weighted by Gasteiger charge is 2.23. The molecule has 0 atom stereocenters. The summed E-state index contributed by atoms with van der Waals surface area (Å²) in [6.45, 7) is 0. The Bertz CT molecular complexity index is 3890. The maximum Gasteiger partial charge on any atom is 0.159 e. The van der Waals surface area contributed by atoms with Gasteiger partial charge in [-0.25, -0.2) is 0 Å². The number of hydrogen-bond donors (Lipinski definition) is 0. The van der Waals surface area contributed by atoms with Crippen molar-refractivity contribution >= 4 is 109 Å². The van der Waals surface area contributed by atoms with Gasteiger partial charge in [0.2, 0.25) is 0 Å². The van der Waals surface area contributed by atoms with E-state index in [1.54, 1.807) is 0 Å². The fourth-order valence-corrected chi connectivity index (χ4v) is 11.3. The predicted octanol–water partition coefficient (Wildman–Crippen LogP) is 18.5. The smallest absolute Gasteiger partial charge is 0.159 e. The van der Waals surface area contributed by atoms with Crippen molar-refractivity contribution in [2.24, 2.45) is 0 Å². The number of thiophene rings is 1. The van der Waals surface area contributed by atoms with Crippen molar-refractivity contribution < 1.29 is 4.42 Å². The van der Waals surface area contributed by atoms with Crippen molar-refractivity contribution in [1.29, 1.82) is 0 Å². The van der Waals surface area contributed by atoms with Crippen molar-refractivity contribution in [1.82, 2.24) is 0 Å². The molecule has 0 aliphatic carbocycles. The molecule has 0 aliphatic rings. The fourth-order valence-electron chi connectivity index (χ4n) is 10.0. The first-order valence-corrected chi connectivity index (χ1v) is 23.2. The zero-order valence-corrected chi connectivity index (χ0v) is 36.6. The molecule has 310 valence electrons. The molecule has 13 rings (SSSR count). The maximum absolute atomic E-state index is 6.68. The summed E-state index contributed by atoms with van der Waals surface area (Å²) in [5.41, 5.74) is 12.9. The fraction of sp³-hybridized carbons (Fsp3) is 0. The number of nitrogens with zero attached hydrogens (tertiary/aromatic N) is 2. The van der Waals surface area contributed by atoms with Crippen LogP contribution in [-0.2, 0) is 0 Å². The number of fused-ring (bicyclic) bond motifs is 11. The first kappa shape index (κ1) is 38.1. The number of benzene rings is 11. The number of para-hydroxylation sites is 5. The van der Waals surface area contributed by atoms with Crippen LogP contribution in [0, 0.1) is 0 Å². The van der Waals surface area contributed by atoms with E-state index in [2.05, 4.69) is 246 Å². The second kappa shape index (κ2) is 15.7. The van der Waals surface area contributed by atoms with E-state index in [0.29, 0.717) is 0 Å². The SMILES string of the molecule is c1ccc(-c2ccccc2N(c2ccc(-c3ccc4c(c3)c3ccccc3c3c5ccc(N(c6ccccc6)c6ccccc6)cc5sc43)cc2)c2cccc3c2oc2ccccc23)cc1. The van der Waals surface area contributed by atoms with Crippen LogP contribution in [0.5, 0.6) is 0 Å². The van der Waals surface area contributed by atoms with E-state index in [4.69, 9.17) is 4.42 Å². The summed E-state index contributed by atoms with van der Waals surface area (Å²) in [5, 5.41) is 9.90. The Balaban J connectivity index is 0.942. The van der Waals surface area contributed by atoms with Crippen LogP contribution in [0.2, 0.25) is 0 Å². The lowest BCUT2D eigenvalue weighted by Crippen LogP contribution is -2.11. The second-order valence-electron chi connectivity index (χ2n) is 16.8. The van der Waals surface area contributed by atoms with Crippen LogP contribution in [0.4, 0.5) is 34.1 Å². The lowest BCUT2D eigenvalue weighted by Gasteiger charge is -2.28. The van der Waals surface area contributed by atoms with Crippen LogP contribution in [0.3, 0.4) is 0 Å². The third-order valence-electron chi connectivity index (χ3n) is 13.0. The minimum atomic E-state index is 0.862. The zero-order chi connectivity index (χ0) is 43.6. The maximum atomic E-state index is 6.68. The van der Waals surface area contributed by atoms with Gasteiger partial charge in [0.1, 0.15) is 5.58 Å². The van der Waals surface area contributed by atoms with E-state index in [0.717, 1.165) is 72.8 Å². The summed E-state index contributed by atoms with van der Waals surface area (Å²) in [5.74, 6) is 0. The van der Waals surface area contributed by atoms with E-state index in [1.165, 1.54) is 47.3 Å². The number of furan rings is 1. The summed E-state index contributed by atoms with van der Waals surface area (Å²) >= 11 is 1.89. The van der Waals surface area contributed by atoms with Crippen molar-refractivity contribution in [2.45, 2.75) is 0 Å². The molecule has 0 unspecified atom stereocenters. The molecule has 13 aromatic rings. The average molecular weight is 861 g/mol. The Kier molecular flexibility index (Phi) is 9.03. The Hall–Kier alpha value is -8.44. The van der Waals surface area contributed by atoms with Gasteiger partial charge in [0.05, 0.1) is 11.4 Å². The molecular formula is C62H40N2OS. The van der Waals surface area contributed by atoms with Crippen LogP contribution in [0.1, 0.15) is 0 Å². The molecule has 0 spiro atoms. The molecule has 66 heavy (non-hydrogen) atoms. The molecule has 0 amide bonds. The van der Waals surface area contributed by atoms with Crippen molar-refractivity contribution in [3.05, 3.63) is 243 Å². The van der Waals surface area contributed by atoms with Gasteiger partial charge >= 0.3 is 0 Å². The summed E-state index contributed by atoms with van der Waals surface area (Å²) in [4.78, 5) is 4.70. The number of hydrogen-bond acceptors (Lipinski definition) is 4. The monoisotopic (exact) mass is 860 g/mol. The second-order valence-corrected chi connectivity index (χ2v) is 17.9.